The molecule has 9 unspecified atom stereocenters. The zero-order valence-electron chi connectivity index (χ0n) is 32.8. The zero-order chi connectivity index (χ0) is 38.6. The zero-order valence-corrected chi connectivity index (χ0v) is 32.8. The number of aromatic nitrogens is 4. The number of aliphatic hydroxyl groups excluding tert-OH is 2. The topological polar surface area (TPSA) is 166 Å². The number of carbonyl (C=O) groups is 3. The third kappa shape index (κ3) is 6.34. The van der Waals surface area contributed by atoms with Crippen molar-refractivity contribution in [2.75, 3.05) is 57.3 Å². The van der Waals surface area contributed by atoms with Crippen LogP contribution in [0.3, 0.4) is 0 Å². The molecule has 3 N–H and O–H groups in total. The minimum atomic E-state index is -1.09. The number of nitrogens with one attached hydrogen (secondary N) is 1. The highest BCUT2D eigenvalue weighted by Gasteiger charge is 2.72. The van der Waals surface area contributed by atoms with Crippen molar-refractivity contribution < 1.29 is 29.3 Å². The van der Waals surface area contributed by atoms with Gasteiger partial charge in [0.1, 0.15) is 17.7 Å². The van der Waals surface area contributed by atoms with Gasteiger partial charge in [0.15, 0.2) is 17.0 Å². The second kappa shape index (κ2) is 14.6. The Labute approximate surface area is 318 Å². The summed E-state index contributed by atoms with van der Waals surface area (Å²) in [4.78, 5) is 60.6. The van der Waals surface area contributed by atoms with Gasteiger partial charge in [-0.25, -0.2) is 15.0 Å². The van der Waals surface area contributed by atoms with Gasteiger partial charge in [-0.05, 0) is 56.9 Å². The second-order valence-electron chi connectivity index (χ2n) is 17.5. The van der Waals surface area contributed by atoms with Crippen LogP contribution in [0.1, 0.15) is 79.6 Å². The molecule has 2 bridgehead atoms. The van der Waals surface area contributed by atoms with Crippen molar-refractivity contribution >= 4 is 34.6 Å². The number of carbonyl (C=O) groups excluding carboxylic acids is 3. The Bertz CT molecular complexity index is 1760. The molecule has 14 nitrogen and oxygen atoms in total. The molecule has 7 rings (SSSR count). The van der Waals surface area contributed by atoms with E-state index < -0.39 is 45.9 Å². The molecule has 54 heavy (non-hydrogen) atoms. The summed E-state index contributed by atoms with van der Waals surface area (Å²) in [5, 5.41) is 27.2. The van der Waals surface area contributed by atoms with Gasteiger partial charge in [-0.2, -0.15) is 0 Å². The number of rotatable bonds is 10. The van der Waals surface area contributed by atoms with Crippen molar-refractivity contribution in [1.82, 2.24) is 34.6 Å². The van der Waals surface area contributed by atoms with Crippen LogP contribution in [0.4, 0.5) is 5.82 Å². The van der Waals surface area contributed by atoms with E-state index >= 15 is 0 Å². The van der Waals surface area contributed by atoms with E-state index in [0.29, 0.717) is 70.9 Å². The third-order valence-corrected chi connectivity index (χ3v) is 14.7. The minimum Gasteiger partial charge on any atom is -0.458 e. The Morgan fingerprint density at radius 1 is 1.07 bits per heavy atom. The summed E-state index contributed by atoms with van der Waals surface area (Å²) in [6, 6.07) is 0.430. The first-order valence-electron chi connectivity index (χ1n) is 20.1. The number of aryl methyl sites for hydroxylation is 1. The number of imidazole rings is 1. The first-order chi connectivity index (χ1) is 25.7. The van der Waals surface area contributed by atoms with Crippen molar-refractivity contribution in [3.8, 4) is 0 Å². The highest BCUT2D eigenvalue weighted by molar-refractivity contribution is 5.86. The van der Waals surface area contributed by atoms with Crippen LogP contribution in [0.15, 0.2) is 25.3 Å². The molecule has 9 atom stereocenters. The Morgan fingerprint density at radius 3 is 2.56 bits per heavy atom. The van der Waals surface area contributed by atoms with Crippen LogP contribution in [-0.4, -0.2) is 133 Å². The van der Waals surface area contributed by atoms with E-state index in [1.807, 2.05) is 42.1 Å². The van der Waals surface area contributed by atoms with E-state index in [2.05, 4.69) is 38.7 Å². The Morgan fingerprint density at radius 2 is 1.83 bits per heavy atom. The van der Waals surface area contributed by atoms with E-state index in [9.17, 15) is 24.6 Å². The summed E-state index contributed by atoms with van der Waals surface area (Å²) in [6.07, 6.45) is 7.03. The maximum absolute atomic E-state index is 13.7. The van der Waals surface area contributed by atoms with Gasteiger partial charge in [0.2, 0.25) is 5.91 Å². The minimum absolute atomic E-state index is 0.0397. The SMILES string of the molecule is C=CC1(C)CC(O)C2(C)C3C(=O)CCC3(CCC2(C)OC(=O)CN2CCN(C(=O)CCn3cnc4c(N5CCC(NCC)C5)ncnc43)CC2)C(C)C1O. The Kier molecular flexibility index (Phi) is 10.5. The highest BCUT2D eigenvalue weighted by atomic mass is 16.6. The quantitative estimate of drug-likeness (QED) is 0.241. The molecule has 2 aromatic rings. The summed E-state index contributed by atoms with van der Waals surface area (Å²) >= 11 is 0. The molecule has 2 aromatic heterocycles. The van der Waals surface area contributed by atoms with Gasteiger partial charge in [0, 0.05) is 81.4 Å². The first-order valence-corrected chi connectivity index (χ1v) is 20.1. The van der Waals surface area contributed by atoms with Gasteiger partial charge >= 0.3 is 5.97 Å². The first kappa shape index (κ1) is 38.8. The van der Waals surface area contributed by atoms with Crippen LogP contribution in [0.2, 0.25) is 0 Å². The summed E-state index contributed by atoms with van der Waals surface area (Å²) in [6.45, 7) is 19.2. The normalized spacial score (nSPS) is 37.2. The molecule has 2 aliphatic heterocycles. The maximum atomic E-state index is 13.7. The number of amides is 1. The predicted octanol–water partition coefficient (Wildman–Crippen LogP) is 2.57. The predicted molar refractivity (Wildman–Crippen MR) is 203 cm³/mol. The molecular weight excluding hydrogens is 688 g/mol. The number of nitrogens with zero attached hydrogens (tertiary/aromatic N) is 7. The fraction of sp³-hybridized carbons (Fsp3) is 0.750. The molecule has 5 fully saturated rings. The molecule has 0 aromatic carbocycles. The van der Waals surface area contributed by atoms with Crippen molar-refractivity contribution in [2.24, 2.45) is 28.1 Å². The molecule has 4 heterocycles. The Balaban J connectivity index is 0.954. The van der Waals surface area contributed by atoms with Crippen molar-refractivity contribution in [1.29, 1.82) is 0 Å². The van der Waals surface area contributed by atoms with E-state index in [0.717, 1.165) is 43.0 Å². The summed E-state index contributed by atoms with van der Waals surface area (Å²) in [7, 11) is 0. The highest BCUT2D eigenvalue weighted by Crippen LogP contribution is 2.69. The number of Topliss-reactive ketones (excluding diaryl/α,β-unsaturated/α-hetero) is 1. The number of piperazine rings is 1. The lowest BCUT2D eigenvalue weighted by atomic mass is 9.42. The summed E-state index contributed by atoms with van der Waals surface area (Å²) < 4.78 is 8.34. The number of hydrogen-bond acceptors (Lipinski definition) is 12. The smallest absolute Gasteiger partial charge is 0.320 e. The summed E-state index contributed by atoms with van der Waals surface area (Å²) in [5.41, 5.74) is -1.92. The summed E-state index contributed by atoms with van der Waals surface area (Å²) in [5.74, 6) is -0.170. The largest absolute Gasteiger partial charge is 0.458 e. The third-order valence-electron chi connectivity index (χ3n) is 14.7. The fourth-order valence-electron chi connectivity index (χ4n) is 11.1. The van der Waals surface area contributed by atoms with Gasteiger partial charge < -0.3 is 34.6 Å². The van der Waals surface area contributed by atoms with E-state index in [1.165, 1.54) is 0 Å². The van der Waals surface area contributed by atoms with Crippen molar-refractivity contribution in [2.45, 2.75) is 110 Å². The maximum Gasteiger partial charge on any atom is 0.320 e. The van der Waals surface area contributed by atoms with Crippen molar-refractivity contribution in [3.05, 3.63) is 25.3 Å². The van der Waals surface area contributed by atoms with E-state index in [1.54, 1.807) is 18.7 Å². The van der Waals surface area contributed by atoms with Gasteiger partial charge in [-0.3, -0.25) is 19.3 Å². The molecule has 14 heteroatoms. The number of hydrogen-bond donors (Lipinski definition) is 3. The van der Waals surface area contributed by atoms with Crippen LogP contribution < -0.4 is 10.2 Å². The molecule has 296 valence electrons. The lowest BCUT2D eigenvalue weighted by molar-refractivity contribution is -0.252. The van der Waals surface area contributed by atoms with Crippen LogP contribution in [0, 0.1) is 28.1 Å². The van der Waals surface area contributed by atoms with E-state index in [-0.39, 0.29) is 30.6 Å². The number of aliphatic hydroxyl groups is 2. The van der Waals surface area contributed by atoms with Gasteiger partial charge in [0.25, 0.3) is 0 Å². The molecular formula is C40H60N8O6. The lowest BCUT2D eigenvalue weighted by Gasteiger charge is -2.64. The van der Waals surface area contributed by atoms with Gasteiger partial charge in [-0.15, -0.1) is 6.58 Å². The number of esters is 1. The Hall–Kier alpha value is -3.46. The molecule has 0 radical (unpaired) electrons. The average Bonchev–Trinajstić information content (AvgIpc) is 3.89. The van der Waals surface area contributed by atoms with Crippen molar-refractivity contribution in [3.63, 3.8) is 0 Å². The van der Waals surface area contributed by atoms with Crippen LogP contribution >= 0.6 is 0 Å². The van der Waals surface area contributed by atoms with Gasteiger partial charge in [0.05, 0.1) is 25.1 Å². The average molecular weight is 749 g/mol. The molecule has 5 aliphatic rings. The van der Waals surface area contributed by atoms with Crippen LogP contribution in [0.25, 0.3) is 11.2 Å². The molecule has 3 saturated carbocycles. The second-order valence-corrected chi connectivity index (χ2v) is 17.5. The van der Waals surface area contributed by atoms with Crippen LogP contribution in [0.5, 0.6) is 0 Å². The number of anilines is 1. The number of ether oxygens (including phenoxy) is 1. The van der Waals surface area contributed by atoms with Gasteiger partial charge in [-0.1, -0.05) is 33.8 Å². The molecule has 2 saturated heterocycles. The molecule has 1 amide bonds. The fourth-order valence-corrected chi connectivity index (χ4v) is 11.1. The lowest BCUT2D eigenvalue weighted by Crippen LogP contribution is -2.69. The van der Waals surface area contributed by atoms with E-state index in [4.69, 9.17) is 4.74 Å². The molecule has 3 aliphatic carbocycles. The number of ketones is 1. The molecule has 0 spiro atoms. The monoisotopic (exact) mass is 748 g/mol. The standard InChI is InChI=1S/C40H60N8O6/c1-7-37(4)21-29(50)39(6)33-28(49)9-12-40(33,26(3)34(37)53)14-13-38(39,5)54-31(52)23-45-17-19-46(20-18-45)30(51)11-16-48-25-44-32-35(42-24-43-36(32)48)47-15-10-27(22-47)41-8-2/h7,24-27,29,33-34,41,50,53H,1,8-23H2,2-6H3. The van der Waals surface area contributed by atoms with Crippen LogP contribution in [-0.2, 0) is 25.7 Å². The number of likely N-dealkylation sites (N-methyl/N-ethyl adjacent to an activating group) is 1. The number of fused-ring (bicyclic) bond motifs is 1.